The lowest BCUT2D eigenvalue weighted by atomic mass is 9.95. The minimum absolute atomic E-state index is 0. The summed E-state index contributed by atoms with van der Waals surface area (Å²) in [4.78, 5) is 4.70. The molecular formula is C18H32IN3O2S. The maximum absolute atomic E-state index is 12.1. The molecule has 1 aliphatic rings. The minimum atomic E-state index is -0.699. The molecule has 7 heteroatoms. The van der Waals surface area contributed by atoms with Gasteiger partial charge in [0.1, 0.15) is 11.5 Å². The predicted molar refractivity (Wildman–Crippen MR) is 116 cm³/mol. The van der Waals surface area contributed by atoms with E-state index in [4.69, 9.17) is 9.41 Å². The summed E-state index contributed by atoms with van der Waals surface area (Å²) in [6, 6.07) is 2.40. The van der Waals surface area contributed by atoms with Gasteiger partial charge in [0.15, 0.2) is 5.96 Å². The molecule has 3 atom stereocenters. The summed E-state index contributed by atoms with van der Waals surface area (Å²) in [5.74, 6) is 3.45. The first-order chi connectivity index (χ1) is 11.5. The third-order valence-corrected chi connectivity index (χ3v) is 6.26. The van der Waals surface area contributed by atoms with Gasteiger partial charge in [0.2, 0.25) is 0 Å². The fourth-order valence-corrected chi connectivity index (χ4v) is 4.62. The second-order valence-corrected chi connectivity index (χ2v) is 8.44. The molecule has 1 heterocycles. The summed E-state index contributed by atoms with van der Waals surface area (Å²) in [7, 11) is -0.699. The van der Waals surface area contributed by atoms with Gasteiger partial charge in [-0.05, 0) is 46.1 Å². The van der Waals surface area contributed by atoms with Crippen molar-refractivity contribution in [3.63, 3.8) is 0 Å². The van der Waals surface area contributed by atoms with Crippen molar-refractivity contribution in [2.45, 2.75) is 71.2 Å². The van der Waals surface area contributed by atoms with Gasteiger partial charge < -0.3 is 15.1 Å². The zero-order chi connectivity index (χ0) is 17.5. The van der Waals surface area contributed by atoms with Crippen LogP contribution in [0, 0.1) is 13.8 Å². The zero-order valence-corrected chi connectivity index (χ0v) is 18.9. The maximum atomic E-state index is 12.1. The number of rotatable bonds is 6. The monoisotopic (exact) mass is 481 g/mol. The van der Waals surface area contributed by atoms with E-state index in [1.165, 1.54) is 0 Å². The summed E-state index contributed by atoms with van der Waals surface area (Å²) in [6.07, 6.45) is 4.30. The first-order valence-corrected chi connectivity index (χ1v) is 10.4. The van der Waals surface area contributed by atoms with Crippen molar-refractivity contribution < 1.29 is 8.63 Å². The predicted octanol–water partition coefficient (Wildman–Crippen LogP) is 3.65. The third kappa shape index (κ3) is 6.92. The number of nitrogens with zero attached hydrogens (tertiary/aromatic N) is 1. The second-order valence-electron chi connectivity index (χ2n) is 6.43. The molecule has 0 amide bonds. The summed E-state index contributed by atoms with van der Waals surface area (Å²) >= 11 is 0. The Morgan fingerprint density at radius 3 is 2.72 bits per heavy atom. The molecule has 0 aliphatic heterocycles. The minimum Gasteiger partial charge on any atom is -0.466 e. The first kappa shape index (κ1) is 22.5. The van der Waals surface area contributed by atoms with Gasteiger partial charge in [0, 0.05) is 40.0 Å². The lowest BCUT2D eigenvalue weighted by Gasteiger charge is -2.30. The molecule has 1 aromatic heterocycles. The summed E-state index contributed by atoms with van der Waals surface area (Å²) in [5.41, 5.74) is 1.12. The number of furan rings is 1. The van der Waals surface area contributed by atoms with Crippen LogP contribution in [0.25, 0.3) is 0 Å². The van der Waals surface area contributed by atoms with Gasteiger partial charge >= 0.3 is 0 Å². The highest BCUT2D eigenvalue weighted by Gasteiger charge is 2.26. The van der Waals surface area contributed by atoms with Crippen LogP contribution in [0.3, 0.4) is 0 Å². The lowest BCUT2D eigenvalue weighted by molar-refractivity contribution is 0.413. The lowest BCUT2D eigenvalue weighted by Crippen LogP contribution is -2.46. The molecule has 1 aromatic rings. The number of halogens is 1. The molecule has 0 spiro atoms. The summed E-state index contributed by atoms with van der Waals surface area (Å²) < 4.78 is 17.7. The quantitative estimate of drug-likeness (QED) is 0.370. The number of nitrogens with one attached hydrogen (secondary N) is 2. The van der Waals surface area contributed by atoms with Gasteiger partial charge in [-0.3, -0.25) is 4.21 Å². The fraction of sp³-hybridized carbons (Fsp3) is 0.722. The van der Waals surface area contributed by atoms with Gasteiger partial charge in [-0.25, -0.2) is 4.99 Å². The van der Waals surface area contributed by atoms with E-state index in [1.807, 2.05) is 26.8 Å². The van der Waals surface area contributed by atoms with Crippen molar-refractivity contribution in [2.75, 3.05) is 12.3 Å². The van der Waals surface area contributed by atoms with Crippen LogP contribution in [0.5, 0.6) is 0 Å². The van der Waals surface area contributed by atoms with Gasteiger partial charge in [-0.2, -0.15) is 0 Å². The second kappa shape index (κ2) is 11.2. The molecule has 25 heavy (non-hydrogen) atoms. The van der Waals surface area contributed by atoms with Crippen LogP contribution in [0.2, 0.25) is 0 Å². The SMILES string of the molecule is CCNC(=NCc1cc(C)oc1C)NC1CCCC(S(=O)CC)C1.I. The Balaban J connectivity index is 0.00000312. The van der Waals surface area contributed by atoms with Gasteiger partial charge in [0.25, 0.3) is 0 Å². The molecule has 5 nitrogen and oxygen atoms in total. The third-order valence-electron chi connectivity index (χ3n) is 4.52. The smallest absolute Gasteiger partial charge is 0.191 e. The highest BCUT2D eigenvalue weighted by molar-refractivity contribution is 14.0. The largest absolute Gasteiger partial charge is 0.466 e. The van der Waals surface area contributed by atoms with Crippen LogP contribution in [-0.2, 0) is 17.3 Å². The van der Waals surface area contributed by atoms with Crippen molar-refractivity contribution in [1.29, 1.82) is 0 Å². The molecule has 3 unspecified atom stereocenters. The van der Waals surface area contributed by atoms with Gasteiger partial charge in [0.05, 0.1) is 6.54 Å². The molecule has 0 aromatic carbocycles. The van der Waals surface area contributed by atoms with E-state index in [2.05, 4.69) is 17.6 Å². The van der Waals surface area contributed by atoms with Crippen LogP contribution in [0.4, 0.5) is 0 Å². The average molecular weight is 481 g/mol. The Labute approximate surface area is 171 Å². The first-order valence-electron chi connectivity index (χ1n) is 9.01. The van der Waals surface area contributed by atoms with Crippen molar-refractivity contribution in [3.8, 4) is 0 Å². The molecule has 1 saturated carbocycles. The zero-order valence-electron chi connectivity index (χ0n) is 15.8. The number of aliphatic imine (C=N–C) groups is 1. The van der Waals surface area contributed by atoms with E-state index in [-0.39, 0.29) is 24.0 Å². The number of hydrogen-bond acceptors (Lipinski definition) is 3. The van der Waals surface area contributed by atoms with E-state index in [0.717, 1.165) is 61.0 Å². The number of aryl methyl sites for hydroxylation is 2. The van der Waals surface area contributed by atoms with Crippen molar-refractivity contribution >= 4 is 40.7 Å². The van der Waals surface area contributed by atoms with E-state index in [9.17, 15) is 4.21 Å². The molecule has 1 aliphatic carbocycles. The van der Waals surface area contributed by atoms with E-state index >= 15 is 0 Å². The van der Waals surface area contributed by atoms with Crippen molar-refractivity contribution in [1.82, 2.24) is 10.6 Å². The number of hydrogen-bond donors (Lipinski definition) is 2. The van der Waals surface area contributed by atoms with Gasteiger partial charge in [-0.1, -0.05) is 13.3 Å². The molecule has 0 bridgehead atoms. The van der Waals surface area contributed by atoms with Crippen LogP contribution in [-0.4, -0.2) is 33.8 Å². The molecule has 0 saturated heterocycles. The van der Waals surface area contributed by atoms with Crippen LogP contribution < -0.4 is 10.6 Å². The van der Waals surface area contributed by atoms with Crippen LogP contribution >= 0.6 is 24.0 Å². The van der Waals surface area contributed by atoms with Gasteiger partial charge in [-0.15, -0.1) is 24.0 Å². The molecule has 144 valence electrons. The van der Waals surface area contributed by atoms with E-state index in [0.29, 0.717) is 17.8 Å². The molecular weight excluding hydrogens is 449 g/mol. The summed E-state index contributed by atoms with van der Waals surface area (Å²) in [5, 5.41) is 7.18. The fourth-order valence-electron chi connectivity index (χ4n) is 3.27. The van der Waals surface area contributed by atoms with Crippen molar-refractivity contribution in [2.24, 2.45) is 4.99 Å². The maximum Gasteiger partial charge on any atom is 0.191 e. The normalized spacial score (nSPS) is 22.2. The Hall–Kier alpha value is -0.570. The molecule has 2 rings (SSSR count). The van der Waals surface area contributed by atoms with E-state index < -0.39 is 10.8 Å². The summed E-state index contributed by atoms with van der Waals surface area (Å²) in [6.45, 7) is 9.44. The Morgan fingerprint density at radius 1 is 1.36 bits per heavy atom. The highest BCUT2D eigenvalue weighted by atomic mass is 127. The average Bonchev–Trinajstić information content (AvgIpc) is 2.90. The Kier molecular flexibility index (Phi) is 10.1. The highest BCUT2D eigenvalue weighted by Crippen LogP contribution is 2.23. The van der Waals surface area contributed by atoms with E-state index in [1.54, 1.807) is 0 Å². The Morgan fingerprint density at radius 2 is 2.12 bits per heavy atom. The standard InChI is InChI=1S/C18H31N3O2S.HI/c1-5-19-18(20-12-15-10-13(3)23-14(15)4)21-16-8-7-9-17(11-16)24(22)6-2;/h10,16-17H,5-9,11-12H2,1-4H3,(H2,19,20,21);1H. The van der Waals surface area contributed by atoms with Crippen LogP contribution in [0.1, 0.15) is 56.6 Å². The number of guanidine groups is 1. The van der Waals surface area contributed by atoms with Crippen molar-refractivity contribution in [3.05, 3.63) is 23.2 Å². The topological polar surface area (TPSA) is 66.6 Å². The van der Waals surface area contributed by atoms with Crippen LogP contribution in [0.15, 0.2) is 15.5 Å². The molecule has 1 fully saturated rings. The Bertz CT molecular complexity index is 589. The molecule has 2 N–H and O–H groups in total. The molecule has 0 radical (unpaired) electrons.